The van der Waals surface area contributed by atoms with Crippen LogP contribution in [0.3, 0.4) is 0 Å². The van der Waals surface area contributed by atoms with Crippen LogP contribution in [0.15, 0.2) is 88.1 Å². The van der Waals surface area contributed by atoms with Gasteiger partial charge in [-0.2, -0.15) is 0 Å². The summed E-state index contributed by atoms with van der Waals surface area (Å²) in [5, 5.41) is 40.6. The first-order valence-electron chi connectivity index (χ1n) is 12.4. The van der Waals surface area contributed by atoms with Crippen molar-refractivity contribution in [3.63, 3.8) is 0 Å². The second-order valence-electron chi connectivity index (χ2n) is 9.07. The van der Waals surface area contributed by atoms with E-state index < -0.39 is 48.7 Å². The maximum Gasteiger partial charge on any atom is 0.383 e. The summed E-state index contributed by atoms with van der Waals surface area (Å²) in [6.07, 6.45) is -7.83. The second-order valence-corrected chi connectivity index (χ2v) is 9.07. The number of rotatable bonds is 9. The molecule has 0 unspecified atom stereocenters. The lowest BCUT2D eigenvalue weighted by molar-refractivity contribution is -0.278. The van der Waals surface area contributed by atoms with Crippen LogP contribution < -0.4 is 19.8 Å². The number of benzene rings is 3. The van der Waals surface area contributed by atoms with E-state index in [1.165, 1.54) is 0 Å². The first-order chi connectivity index (χ1) is 18.9. The highest BCUT2D eigenvalue weighted by molar-refractivity contribution is 5.86. The topological polar surface area (TPSA) is 148 Å². The molecule has 1 aliphatic rings. The molecule has 0 radical (unpaired) electrons. The van der Waals surface area contributed by atoms with Crippen LogP contribution in [0.1, 0.15) is 11.1 Å². The molecular weight excluding hydrogens is 508 g/mol. The Balaban J connectivity index is 1.48. The number of hydrogen-bond acceptors (Lipinski definition) is 10. The Morgan fingerprint density at radius 3 is 2.03 bits per heavy atom. The summed E-state index contributed by atoms with van der Waals surface area (Å²) in [5.41, 5.74) is 1.03. The largest absolute Gasteiger partial charge is 0.489 e. The van der Waals surface area contributed by atoms with Crippen LogP contribution in [0.5, 0.6) is 17.2 Å². The van der Waals surface area contributed by atoms with Gasteiger partial charge in [-0.15, -0.1) is 0 Å². The zero-order valence-corrected chi connectivity index (χ0v) is 20.8. The molecule has 5 atom stereocenters. The Morgan fingerprint density at radius 1 is 0.744 bits per heavy atom. The summed E-state index contributed by atoms with van der Waals surface area (Å²) in [6, 6.07) is 23.7. The van der Waals surface area contributed by atoms with Crippen LogP contribution in [0.4, 0.5) is 0 Å². The smallest absolute Gasteiger partial charge is 0.383 e. The standard InChI is InChI=1S/C29H28O10/c30-14-22-23(31)24(32)25(33)29(38-22)39-27-26(36-16-18-9-5-2-6-10-18)20-12-11-19(13-21(20)37-28(27)34)35-15-17-7-3-1-4-8-17/h1-13,22-25,29-33H,14-16H2/t22-,23-,24+,25-,29+/m1/s1. The van der Waals surface area contributed by atoms with E-state index in [2.05, 4.69) is 0 Å². The lowest BCUT2D eigenvalue weighted by Gasteiger charge is -2.39. The molecule has 10 nitrogen and oxygen atoms in total. The van der Waals surface area contributed by atoms with Gasteiger partial charge in [0.15, 0.2) is 5.75 Å². The molecule has 5 rings (SSSR count). The third-order valence-electron chi connectivity index (χ3n) is 6.35. The highest BCUT2D eigenvalue weighted by Gasteiger charge is 2.45. The Labute approximate surface area is 223 Å². The number of aliphatic hydroxyl groups excluding tert-OH is 4. The van der Waals surface area contributed by atoms with Crippen LogP contribution in [-0.4, -0.2) is 57.7 Å². The average Bonchev–Trinajstić information content (AvgIpc) is 2.97. The van der Waals surface area contributed by atoms with E-state index in [9.17, 15) is 25.2 Å². The van der Waals surface area contributed by atoms with Crippen molar-refractivity contribution in [2.24, 2.45) is 0 Å². The zero-order chi connectivity index (χ0) is 27.4. The fourth-order valence-corrected chi connectivity index (χ4v) is 4.22. The molecule has 1 fully saturated rings. The Kier molecular flexibility index (Phi) is 8.10. The lowest BCUT2D eigenvalue weighted by Crippen LogP contribution is -2.60. The quantitative estimate of drug-likeness (QED) is 0.235. The van der Waals surface area contributed by atoms with Gasteiger partial charge in [-0.25, -0.2) is 4.79 Å². The van der Waals surface area contributed by atoms with Crippen LogP contribution in [0.2, 0.25) is 0 Å². The summed E-state index contributed by atoms with van der Waals surface area (Å²) in [5.74, 6) is 0.0866. The minimum absolute atomic E-state index is 0.0247. The molecule has 0 bridgehead atoms. The monoisotopic (exact) mass is 536 g/mol. The normalized spacial score (nSPS) is 22.9. The van der Waals surface area contributed by atoms with Crippen LogP contribution >= 0.6 is 0 Å². The summed E-state index contributed by atoms with van der Waals surface area (Å²) >= 11 is 0. The van der Waals surface area contributed by atoms with Crippen LogP contribution in [0, 0.1) is 0 Å². The molecule has 1 aromatic heterocycles. The first-order valence-corrected chi connectivity index (χ1v) is 12.4. The predicted molar refractivity (Wildman–Crippen MR) is 138 cm³/mol. The van der Waals surface area contributed by atoms with Crippen LogP contribution in [0.25, 0.3) is 11.0 Å². The van der Waals surface area contributed by atoms with Crippen LogP contribution in [-0.2, 0) is 18.0 Å². The first kappa shape index (κ1) is 26.7. The summed E-state index contributed by atoms with van der Waals surface area (Å²) in [6.45, 7) is -0.261. The fourth-order valence-electron chi connectivity index (χ4n) is 4.22. The molecule has 4 aromatic rings. The van der Waals surface area contributed by atoms with Gasteiger partial charge in [0.25, 0.3) is 5.75 Å². The molecular formula is C29H28O10. The highest BCUT2D eigenvalue weighted by Crippen LogP contribution is 2.37. The number of fused-ring (bicyclic) bond motifs is 1. The Bertz CT molecular complexity index is 1440. The third-order valence-corrected chi connectivity index (χ3v) is 6.35. The van der Waals surface area contributed by atoms with Crippen molar-refractivity contribution >= 4 is 11.0 Å². The molecule has 39 heavy (non-hydrogen) atoms. The van der Waals surface area contributed by atoms with Gasteiger partial charge in [-0.1, -0.05) is 60.7 Å². The maximum absolute atomic E-state index is 13.1. The lowest BCUT2D eigenvalue weighted by atomic mass is 9.99. The molecule has 0 spiro atoms. The van der Waals surface area contributed by atoms with Crippen molar-refractivity contribution in [1.29, 1.82) is 0 Å². The van der Waals surface area contributed by atoms with Crippen molar-refractivity contribution in [1.82, 2.24) is 0 Å². The number of ether oxygens (including phenoxy) is 4. The molecule has 4 N–H and O–H groups in total. The van der Waals surface area contributed by atoms with Gasteiger partial charge in [0.2, 0.25) is 6.29 Å². The van der Waals surface area contributed by atoms with Gasteiger partial charge in [0, 0.05) is 6.07 Å². The van der Waals surface area contributed by atoms with Gasteiger partial charge in [-0.3, -0.25) is 0 Å². The number of hydrogen-bond donors (Lipinski definition) is 4. The minimum Gasteiger partial charge on any atom is -0.489 e. The Hall–Kier alpha value is -3.93. The zero-order valence-electron chi connectivity index (χ0n) is 20.8. The molecule has 1 aliphatic heterocycles. The van der Waals surface area contributed by atoms with Gasteiger partial charge in [0.05, 0.1) is 12.0 Å². The van der Waals surface area contributed by atoms with E-state index in [0.717, 1.165) is 11.1 Å². The summed E-state index contributed by atoms with van der Waals surface area (Å²) < 4.78 is 28.5. The van der Waals surface area contributed by atoms with Gasteiger partial charge >= 0.3 is 5.63 Å². The van der Waals surface area contributed by atoms with E-state index >= 15 is 0 Å². The molecule has 0 aliphatic carbocycles. The third kappa shape index (κ3) is 5.90. The molecule has 3 aromatic carbocycles. The van der Waals surface area contributed by atoms with E-state index in [0.29, 0.717) is 17.7 Å². The van der Waals surface area contributed by atoms with E-state index in [4.69, 9.17) is 23.4 Å². The van der Waals surface area contributed by atoms with E-state index in [1.54, 1.807) is 18.2 Å². The Morgan fingerprint density at radius 2 is 1.38 bits per heavy atom. The van der Waals surface area contributed by atoms with Crippen molar-refractivity contribution in [2.45, 2.75) is 43.9 Å². The molecule has 0 amide bonds. The minimum atomic E-state index is -1.73. The van der Waals surface area contributed by atoms with Crippen molar-refractivity contribution in [2.75, 3.05) is 6.61 Å². The predicted octanol–water partition coefficient (Wildman–Crippen LogP) is 2.13. The SMILES string of the molecule is O=c1oc2cc(OCc3ccccc3)ccc2c(OCc2ccccc2)c1O[C@@H]1O[C@H](CO)[C@@H](O)[C@H](O)[C@H]1O. The van der Waals surface area contributed by atoms with Crippen molar-refractivity contribution in [3.05, 3.63) is 100 Å². The second kappa shape index (κ2) is 11.9. The van der Waals surface area contributed by atoms with Gasteiger partial charge in [0.1, 0.15) is 49.0 Å². The fraction of sp³-hybridized carbons (Fsp3) is 0.276. The van der Waals surface area contributed by atoms with Crippen molar-refractivity contribution < 1.29 is 43.8 Å². The van der Waals surface area contributed by atoms with E-state index in [-0.39, 0.29) is 17.9 Å². The summed E-state index contributed by atoms with van der Waals surface area (Å²) in [7, 11) is 0. The average molecular weight is 537 g/mol. The van der Waals surface area contributed by atoms with Gasteiger partial charge < -0.3 is 43.8 Å². The molecule has 10 heteroatoms. The molecule has 204 valence electrons. The molecule has 0 saturated carbocycles. The molecule has 1 saturated heterocycles. The highest BCUT2D eigenvalue weighted by atomic mass is 16.7. The molecule has 2 heterocycles. The van der Waals surface area contributed by atoms with Gasteiger partial charge in [-0.05, 0) is 23.3 Å². The maximum atomic E-state index is 13.1. The van der Waals surface area contributed by atoms with E-state index in [1.807, 2.05) is 60.7 Å². The summed E-state index contributed by atoms with van der Waals surface area (Å²) in [4.78, 5) is 13.1. The van der Waals surface area contributed by atoms with Crippen molar-refractivity contribution in [3.8, 4) is 17.2 Å². The number of aliphatic hydroxyl groups is 4.